The Bertz CT molecular complexity index is 1120. The van der Waals surface area contributed by atoms with Gasteiger partial charge in [0.25, 0.3) is 0 Å². The third kappa shape index (κ3) is 4.56. The number of pyridine rings is 1. The van der Waals surface area contributed by atoms with Crippen molar-refractivity contribution in [2.75, 3.05) is 0 Å². The minimum absolute atomic E-state index is 0.114. The van der Waals surface area contributed by atoms with E-state index in [1.807, 2.05) is 24.4 Å². The highest BCUT2D eigenvalue weighted by molar-refractivity contribution is 6.16. The van der Waals surface area contributed by atoms with Crippen LogP contribution in [0, 0.1) is 52.3 Å². The highest BCUT2D eigenvalue weighted by Crippen LogP contribution is 2.68. The number of nitrogens with zero attached hydrogens (tertiary/aromatic N) is 1. The van der Waals surface area contributed by atoms with Crippen molar-refractivity contribution in [2.45, 2.75) is 99.3 Å². The van der Waals surface area contributed by atoms with Gasteiger partial charge in [0.2, 0.25) is 0 Å². The summed E-state index contributed by atoms with van der Waals surface area (Å²) in [5.41, 5.74) is 2.65. The number of rotatable bonds is 7. The number of carbonyl (C=O) groups excluding carboxylic acids is 2. The van der Waals surface area contributed by atoms with Crippen LogP contribution in [0.25, 0.3) is 6.08 Å². The van der Waals surface area contributed by atoms with Gasteiger partial charge in [-0.3, -0.25) is 14.6 Å². The lowest BCUT2D eigenvalue weighted by atomic mass is 9.45. The maximum atomic E-state index is 14.2. The number of allylic oxidation sites excluding steroid dienone is 2. The molecule has 0 N–H and O–H groups in total. The summed E-state index contributed by atoms with van der Waals surface area (Å²) in [6, 6.07) is 5.93. The molecule has 0 bridgehead atoms. The minimum Gasteiger partial charge on any atom is -0.295 e. The first-order valence-electron chi connectivity index (χ1n) is 15.5. The first-order chi connectivity index (χ1) is 18.1. The molecule has 0 saturated heterocycles. The first-order valence-corrected chi connectivity index (χ1v) is 15.5. The molecule has 38 heavy (non-hydrogen) atoms. The molecular formula is C35H49NO2. The summed E-state index contributed by atoms with van der Waals surface area (Å²) in [5.74, 6) is 4.46. The van der Waals surface area contributed by atoms with E-state index in [-0.39, 0.29) is 28.3 Å². The molecule has 5 rings (SSSR count). The van der Waals surface area contributed by atoms with Crippen LogP contribution in [0.1, 0.15) is 105 Å². The van der Waals surface area contributed by atoms with Crippen LogP contribution in [-0.2, 0) is 9.59 Å². The molecule has 0 spiro atoms. The Hall–Kier alpha value is -2.03. The number of fused-ring (bicyclic) bond motifs is 5. The molecule has 1 aromatic heterocycles. The second-order valence-corrected chi connectivity index (χ2v) is 14.1. The molecule has 0 unspecified atom stereocenters. The highest BCUT2D eigenvalue weighted by Gasteiger charge is 2.62. The van der Waals surface area contributed by atoms with Crippen LogP contribution in [-0.4, -0.2) is 16.6 Å². The highest BCUT2D eigenvalue weighted by atomic mass is 16.1. The van der Waals surface area contributed by atoms with Gasteiger partial charge in [-0.2, -0.15) is 0 Å². The zero-order valence-corrected chi connectivity index (χ0v) is 24.6. The molecule has 3 heteroatoms. The van der Waals surface area contributed by atoms with Gasteiger partial charge in [-0.25, -0.2) is 0 Å². The summed E-state index contributed by atoms with van der Waals surface area (Å²) in [7, 11) is 0. The maximum Gasteiger partial charge on any atom is 0.186 e. The summed E-state index contributed by atoms with van der Waals surface area (Å²) in [4.78, 5) is 31.3. The monoisotopic (exact) mass is 515 g/mol. The summed E-state index contributed by atoms with van der Waals surface area (Å²) >= 11 is 0. The van der Waals surface area contributed by atoms with E-state index in [0.717, 1.165) is 53.4 Å². The minimum atomic E-state index is -0.187. The number of ketones is 2. The van der Waals surface area contributed by atoms with Crippen LogP contribution < -0.4 is 0 Å². The fourth-order valence-corrected chi connectivity index (χ4v) is 9.67. The van der Waals surface area contributed by atoms with Gasteiger partial charge in [-0.1, -0.05) is 60.5 Å². The van der Waals surface area contributed by atoms with Crippen molar-refractivity contribution >= 4 is 17.6 Å². The topological polar surface area (TPSA) is 47.0 Å². The molecule has 0 aliphatic heterocycles. The number of Topliss-reactive ketones (excluding diaryl/α,β-unsaturated/α-hetero) is 1. The molecule has 206 valence electrons. The fraction of sp³-hybridized carbons (Fsp3) is 0.686. The van der Waals surface area contributed by atoms with Crippen LogP contribution in [0.15, 0.2) is 41.6 Å². The van der Waals surface area contributed by atoms with E-state index in [4.69, 9.17) is 0 Å². The van der Waals surface area contributed by atoms with Crippen LogP contribution in [0.5, 0.6) is 0 Å². The second-order valence-electron chi connectivity index (χ2n) is 14.1. The Kier molecular flexibility index (Phi) is 7.61. The van der Waals surface area contributed by atoms with E-state index in [1.165, 1.54) is 38.5 Å². The largest absolute Gasteiger partial charge is 0.295 e. The summed E-state index contributed by atoms with van der Waals surface area (Å²) in [6.07, 6.45) is 15.8. The average Bonchev–Trinajstić information content (AvgIpc) is 3.25. The molecule has 0 amide bonds. The lowest BCUT2D eigenvalue weighted by molar-refractivity contribution is -0.124. The summed E-state index contributed by atoms with van der Waals surface area (Å²) in [6.45, 7) is 14.5. The molecule has 4 aliphatic rings. The Labute approximate surface area is 231 Å². The van der Waals surface area contributed by atoms with Crippen molar-refractivity contribution in [1.29, 1.82) is 0 Å². The predicted molar refractivity (Wildman–Crippen MR) is 155 cm³/mol. The van der Waals surface area contributed by atoms with Gasteiger partial charge in [-0.05, 0) is 110 Å². The van der Waals surface area contributed by atoms with E-state index in [0.29, 0.717) is 18.3 Å². The quantitative estimate of drug-likeness (QED) is 0.342. The van der Waals surface area contributed by atoms with Gasteiger partial charge in [0.05, 0.1) is 5.69 Å². The summed E-state index contributed by atoms with van der Waals surface area (Å²) in [5, 5.41) is 0. The molecule has 3 fully saturated rings. The smallest absolute Gasteiger partial charge is 0.186 e. The van der Waals surface area contributed by atoms with Gasteiger partial charge < -0.3 is 0 Å². The molecule has 8 atom stereocenters. The van der Waals surface area contributed by atoms with Crippen LogP contribution in [0.4, 0.5) is 0 Å². The molecule has 1 aromatic rings. The Morgan fingerprint density at radius 2 is 1.82 bits per heavy atom. The Morgan fingerprint density at radius 3 is 2.50 bits per heavy atom. The fourth-order valence-electron chi connectivity index (χ4n) is 9.67. The molecular weight excluding hydrogens is 466 g/mol. The molecule has 0 radical (unpaired) electrons. The molecule has 1 heterocycles. The molecule has 3 nitrogen and oxygen atoms in total. The SMILES string of the molecule is CC[C@H](CC[C@@H](C)[C@H]1CC[C@H]2[C@@H]3/C(=C/c4ccccn4)C(=O)C4=CC(=O)CC[C@]4(C)[C@H]3CC[C@]12C)C(C)C. The third-order valence-electron chi connectivity index (χ3n) is 12.0. The summed E-state index contributed by atoms with van der Waals surface area (Å²) < 4.78 is 0. The van der Waals surface area contributed by atoms with Gasteiger partial charge in [0.1, 0.15) is 0 Å². The predicted octanol–water partition coefficient (Wildman–Crippen LogP) is 8.50. The van der Waals surface area contributed by atoms with E-state index >= 15 is 0 Å². The zero-order chi connectivity index (χ0) is 27.2. The van der Waals surface area contributed by atoms with Crippen molar-refractivity contribution in [2.24, 2.45) is 52.3 Å². The third-order valence-corrected chi connectivity index (χ3v) is 12.0. The lowest BCUT2D eigenvalue weighted by Crippen LogP contribution is -2.54. The number of hydrogen-bond donors (Lipinski definition) is 0. The molecule has 3 saturated carbocycles. The first kappa shape index (κ1) is 27.5. The Morgan fingerprint density at radius 1 is 1.03 bits per heavy atom. The number of aromatic nitrogens is 1. The van der Waals surface area contributed by atoms with E-state index in [1.54, 1.807) is 6.08 Å². The van der Waals surface area contributed by atoms with Crippen molar-refractivity contribution < 1.29 is 9.59 Å². The van der Waals surface area contributed by atoms with Crippen molar-refractivity contribution in [3.05, 3.63) is 47.3 Å². The van der Waals surface area contributed by atoms with E-state index < -0.39 is 0 Å². The number of carbonyl (C=O) groups is 2. The molecule has 0 aromatic carbocycles. The number of hydrogen-bond acceptors (Lipinski definition) is 3. The van der Waals surface area contributed by atoms with Gasteiger partial charge in [0.15, 0.2) is 11.6 Å². The van der Waals surface area contributed by atoms with Crippen LogP contribution in [0.2, 0.25) is 0 Å². The van der Waals surface area contributed by atoms with E-state index in [9.17, 15) is 9.59 Å². The Balaban J connectivity index is 1.50. The lowest BCUT2D eigenvalue weighted by Gasteiger charge is -2.58. The van der Waals surface area contributed by atoms with Crippen molar-refractivity contribution in [3.8, 4) is 0 Å². The van der Waals surface area contributed by atoms with Crippen LogP contribution in [0.3, 0.4) is 0 Å². The maximum absolute atomic E-state index is 14.2. The molecule has 4 aliphatic carbocycles. The zero-order valence-electron chi connectivity index (χ0n) is 24.6. The van der Waals surface area contributed by atoms with E-state index in [2.05, 4.69) is 52.6 Å². The normalized spacial score (nSPS) is 37.4. The van der Waals surface area contributed by atoms with Crippen molar-refractivity contribution in [1.82, 2.24) is 4.98 Å². The van der Waals surface area contributed by atoms with Crippen molar-refractivity contribution in [3.63, 3.8) is 0 Å². The van der Waals surface area contributed by atoms with Gasteiger partial charge in [0, 0.05) is 29.2 Å². The van der Waals surface area contributed by atoms with Gasteiger partial charge >= 0.3 is 0 Å². The average molecular weight is 516 g/mol. The standard InChI is InChI=1S/C35H49NO2/c1-7-24(22(2)3)12-11-23(4)28-13-14-29-32-27(20-25-10-8-9-19-36-25)33(38)31-21-26(37)15-17-35(31,6)30(32)16-18-34(28,29)5/h8-10,19-24,28-30,32H,7,11-18H2,1-6H3/b27-20-/t23-,24-,28-,29+,30+,32+,34-,35-/m1/s1. The second kappa shape index (κ2) is 10.5. The van der Waals surface area contributed by atoms with Gasteiger partial charge in [-0.15, -0.1) is 0 Å². The van der Waals surface area contributed by atoms with Crippen LogP contribution >= 0.6 is 0 Å².